The molecule has 0 spiro atoms. The maximum absolute atomic E-state index is 11.4. The summed E-state index contributed by atoms with van der Waals surface area (Å²) in [6.45, 7) is 1.95. The predicted octanol–water partition coefficient (Wildman–Crippen LogP) is 2.82. The molecular formula is C12H14INO3. The number of carbonyl (C=O) groups is 2. The second-order valence-corrected chi connectivity index (χ2v) is 4.65. The SMILES string of the molecule is CCCC(=O)Nc1ccc(C(=O)OC)cc1I. The number of hydrogen-bond acceptors (Lipinski definition) is 3. The molecule has 0 bridgehead atoms. The van der Waals surface area contributed by atoms with Gasteiger partial charge < -0.3 is 10.1 Å². The molecule has 1 N–H and O–H groups in total. The molecule has 1 aromatic rings. The second-order valence-electron chi connectivity index (χ2n) is 3.48. The molecular weight excluding hydrogens is 333 g/mol. The Morgan fingerprint density at radius 3 is 2.65 bits per heavy atom. The van der Waals surface area contributed by atoms with Crippen LogP contribution in [0.3, 0.4) is 0 Å². The van der Waals surface area contributed by atoms with Gasteiger partial charge in [-0.1, -0.05) is 6.92 Å². The van der Waals surface area contributed by atoms with Crippen LogP contribution < -0.4 is 5.32 Å². The predicted molar refractivity (Wildman–Crippen MR) is 74.0 cm³/mol. The van der Waals surface area contributed by atoms with Gasteiger partial charge >= 0.3 is 5.97 Å². The molecule has 0 atom stereocenters. The minimum absolute atomic E-state index is 0.0174. The molecule has 0 aliphatic rings. The Labute approximate surface area is 114 Å². The average molecular weight is 347 g/mol. The van der Waals surface area contributed by atoms with Gasteiger partial charge in [0.2, 0.25) is 5.91 Å². The molecule has 17 heavy (non-hydrogen) atoms. The Hall–Kier alpha value is -1.11. The Morgan fingerprint density at radius 2 is 2.12 bits per heavy atom. The van der Waals surface area contributed by atoms with Gasteiger partial charge in [0.15, 0.2) is 0 Å². The van der Waals surface area contributed by atoms with Gasteiger partial charge in [0, 0.05) is 9.99 Å². The topological polar surface area (TPSA) is 55.4 Å². The largest absolute Gasteiger partial charge is 0.465 e. The van der Waals surface area contributed by atoms with E-state index in [1.54, 1.807) is 18.2 Å². The summed E-state index contributed by atoms with van der Waals surface area (Å²) in [6.07, 6.45) is 1.30. The van der Waals surface area contributed by atoms with Gasteiger partial charge in [-0.2, -0.15) is 0 Å². The molecule has 0 aliphatic heterocycles. The Balaban J connectivity index is 2.83. The van der Waals surface area contributed by atoms with Crippen LogP contribution in [0.25, 0.3) is 0 Å². The summed E-state index contributed by atoms with van der Waals surface area (Å²) >= 11 is 2.07. The summed E-state index contributed by atoms with van der Waals surface area (Å²) in [5.74, 6) is -0.398. The van der Waals surface area contributed by atoms with E-state index < -0.39 is 0 Å². The van der Waals surface area contributed by atoms with Crippen molar-refractivity contribution in [2.75, 3.05) is 12.4 Å². The van der Waals surface area contributed by atoms with E-state index >= 15 is 0 Å². The van der Waals surface area contributed by atoms with Crippen LogP contribution in [0.5, 0.6) is 0 Å². The van der Waals surface area contributed by atoms with E-state index in [9.17, 15) is 9.59 Å². The van der Waals surface area contributed by atoms with Crippen molar-refractivity contribution in [2.45, 2.75) is 19.8 Å². The van der Waals surface area contributed by atoms with Crippen LogP contribution in [0, 0.1) is 3.57 Å². The molecule has 0 heterocycles. The number of esters is 1. The normalized spacial score (nSPS) is 9.82. The molecule has 0 aromatic heterocycles. The summed E-state index contributed by atoms with van der Waals surface area (Å²) < 4.78 is 5.44. The summed E-state index contributed by atoms with van der Waals surface area (Å²) in [5, 5.41) is 2.80. The molecule has 0 saturated carbocycles. The molecule has 0 unspecified atom stereocenters. The Bertz CT molecular complexity index is 432. The highest BCUT2D eigenvalue weighted by molar-refractivity contribution is 14.1. The third kappa shape index (κ3) is 3.99. The molecule has 1 amide bonds. The minimum atomic E-state index is -0.380. The van der Waals surface area contributed by atoms with Crippen LogP contribution in [0.4, 0.5) is 5.69 Å². The smallest absolute Gasteiger partial charge is 0.337 e. The van der Waals surface area contributed by atoms with Crippen molar-refractivity contribution in [3.8, 4) is 0 Å². The van der Waals surface area contributed by atoms with E-state index in [2.05, 4.69) is 32.6 Å². The number of ether oxygens (including phenoxy) is 1. The van der Waals surface area contributed by atoms with Gasteiger partial charge in [0.1, 0.15) is 0 Å². The highest BCUT2D eigenvalue weighted by Crippen LogP contribution is 2.20. The lowest BCUT2D eigenvalue weighted by Gasteiger charge is -2.08. The lowest BCUT2D eigenvalue weighted by Crippen LogP contribution is -2.12. The first-order valence-corrected chi connectivity index (χ1v) is 6.34. The summed E-state index contributed by atoms with van der Waals surface area (Å²) in [5.41, 5.74) is 1.20. The molecule has 92 valence electrons. The van der Waals surface area contributed by atoms with Crippen molar-refractivity contribution in [2.24, 2.45) is 0 Å². The van der Waals surface area contributed by atoms with Crippen LogP contribution in [0.15, 0.2) is 18.2 Å². The number of methoxy groups -OCH3 is 1. The number of halogens is 1. The molecule has 0 fully saturated rings. The fourth-order valence-electron chi connectivity index (χ4n) is 1.30. The molecule has 0 radical (unpaired) electrons. The number of nitrogens with one attached hydrogen (secondary N) is 1. The van der Waals surface area contributed by atoms with Gasteiger partial charge in [-0.25, -0.2) is 4.79 Å². The van der Waals surface area contributed by atoms with E-state index in [4.69, 9.17) is 0 Å². The number of rotatable bonds is 4. The van der Waals surface area contributed by atoms with E-state index in [-0.39, 0.29) is 11.9 Å². The van der Waals surface area contributed by atoms with Crippen molar-refractivity contribution in [1.29, 1.82) is 0 Å². The molecule has 0 saturated heterocycles. The van der Waals surface area contributed by atoms with Crippen LogP contribution >= 0.6 is 22.6 Å². The number of carbonyl (C=O) groups excluding carboxylic acids is 2. The molecule has 0 aliphatic carbocycles. The van der Waals surface area contributed by atoms with Crippen LogP contribution in [0.1, 0.15) is 30.1 Å². The number of amides is 1. The first-order chi connectivity index (χ1) is 8.08. The van der Waals surface area contributed by atoms with Gasteiger partial charge in [-0.05, 0) is 47.2 Å². The highest BCUT2D eigenvalue weighted by atomic mass is 127. The van der Waals surface area contributed by atoms with Crippen molar-refractivity contribution >= 4 is 40.2 Å². The number of hydrogen-bond donors (Lipinski definition) is 1. The van der Waals surface area contributed by atoms with E-state index in [1.807, 2.05) is 6.92 Å². The molecule has 5 heteroatoms. The van der Waals surface area contributed by atoms with Crippen LogP contribution in [-0.2, 0) is 9.53 Å². The quantitative estimate of drug-likeness (QED) is 0.673. The van der Waals surface area contributed by atoms with Gasteiger partial charge in [0.05, 0.1) is 18.4 Å². The number of benzene rings is 1. The molecule has 1 aromatic carbocycles. The standard InChI is InChI=1S/C12H14INO3/c1-3-4-11(15)14-10-6-5-8(7-9(10)13)12(16)17-2/h5-7H,3-4H2,1-2H3,(H,14,15). The van der Waals surface area contributed by atoms with Gasteiger partial charge in [-0.15, -0.1) is 0 Å². The zero-order valence-electron chi connectivity index (χ0n) is 9.75. The maximum atomic E-state index is 11.4. The summed E-state index contributed by atoms with van der Waals surface area (Å²) in [6, 6.07) is 5.03. The van der Waals surface area contributed by atoms with E-state index in [0.29, 0.717) is 12.0 Å². The van der Waals surface area contributed by atoms with Gasteiger partial charge in [-0.3, -0.25) is 4.79 Å². The highest BCUT2D eigenvalue weighted by Gasteiger charge is 2.09. The number of anilines is 1. The maximum Gasteiger partial charge on any atom is 0.337 e. The monoisotopic (exact) mass is 347 g/mol. The third-order valence-corrected chi connectivity index (χ3v) is 3.03. The molecule has 1 rings (SSSR count). The summed E-state index contributed by atoms with van der Waals surface area (Å²) in [4.78, 5) is 22.7. The van der Waals surface area contributed by atoms with Crippen molar-refractivity contribution in [3.05, 3.63) is 27.3 Å². The van der Waals surface area contributed by atoms with Gasteiger partial charge in [0.25, 0.3) is 0 Å². The van der Waals surface area contributed by atoms with Crippen LogP contribution in [-0.4, -0.2) is 19.0 Å². The zero-order chi connectivity index (χ0) is 12.8. The minimum Gasteiger partial charge on any atom is -0.465 e. The van der Waals surface area contributed by atoms with Crippen LogP contribution in [0.2, 0.25) is 0 Å². The lowest BCUT2D eigenvalue weighted by molar-refractivity contribution is -0.116. The second kappa shape index (κ2) is 6.58. The first kappa shape index (κ1) is 14.0. The van der Waals surface area contributed by atoms with E-state index in [0.717, 1.165) is 15.7 Å². The van der Waals surface area contributed by atoms with E-state index in [1.165, 1.54) is 7.11 Å². The Kier molecular flexibility index (Phi) is 5.40. The van der Waals surface area contributed by atoms with Crippen molar-refractivity contribution < 1.29 is 14.3 Å². The fraction of sp³-hybridized carbons (Fsp3) is 0.333. The Morgan fingerprint density at radius 1 is 1.41 bits per heavy atom. The average Bonchev–Trinajstić information content (AvgIpc) is 2.31. The van der Waals surface area contributed by atoms with Crippen molar-refractivity contribution in [1.82, 2.24) is 0 Å². The van der Waals surface area contributed by atoms with Crippen molar-refractivity contribution in [3.63, 3.8) is 0 Å². The molecule has 4 nitrogen and oxygen atoms in total. The first-order valence-electron chi connectivity index (χ1n) is 5.26. The lowest BCUT2D eigenvalue weighted by atomic mass is 10.2. The fourth-order valence-corrected chi connectivity index (χ4v) is 1.95. The zero-order valence-corrected chi connectivity index (χ0v) is 11.9. The third-order valence-electron chi connectivity index (χ3n) is 2.14. The summed E-state index contributed by atoms with van der Waals surface area (Å²) in [7, 11) is 1.34.